The predicted octanol–water partition coefficient (Wildman–Crippen LogP) is 7.83. The van der Waals surface area contributed by atoms with Crippen LogP contribution in [0.4, 0.5) is 30.7 Å². The van der Waals surface area contributed by atoms with E-state index in [1.807, 2.05) is 6.92 Å². The van der Waals surface area contributed by atoms with Gasteiger partial charge in [-0.15, -0.1) is 0 Å². The Morgan fingerprint density at radius 2 is 1.61 bits per heavy atom. The van der Waals surface area contributed by atoms with Gasteiger partial charge in [0.25, 0.3) is 5.91 Å². The Kier molecular flexibility index (Phi) is 8.85. The molecule has 0 spiro atoms. The van der Waals surface area contributed by atoms with Crippen molar-refractivity contribution in [1.82, 2.24) is 19.7 Å². The molecule has 2 heterocycles. The third kappa shape index (κ3) is 6.13. The SMILES string of the molecule is CCOCCN(C(=O)c1cc(-c2cnn(-c3c(Cl)cc(C(F)(C(F)(F)F)C(F)(F)F)cc3Cl)c2)cnc1Cl)C1CC1. The van der Waals surface area contributed by atoms with Crippen LogP contribution in [0.5, 0.6) is 0 Å². The van der Waals surface area contributed by atoms with Gasteiger partial charge in [-0.1, -0.05) is 34.8 Å². The van der Waals surface area contributed by atoms with Crippen molar-refractivity contribution in [2.75, 3.05) is 19.8 Å². The molecule has 0 bridgehead atoms. The van der Waals surface area contributed by atoms with Gasteiger partial charge in [0.15, 0.2) is 0 Å². The molecule has 1 aliphatic carbocycles. The van der Waals surface area contributed by atoms with Crippen LogP contribution in [0.1, 0.15) is 35.7 Å². The van der Waals surface area contributed by atoms with E-state index in [0.717, 1.165) is 17.5 Å². The van der Waals surface area contributed by atoms with E-state index in [9.17, 15) is 35.5 Å². The number of nitrogens with zero attached hydrogens (tertiary/aromatic N) is 4. The molecule has 1 amide bonds. The first kappa shape index (κ1) is 31.3. The number of amides is 1. The first-order chi connectivity index (χ1) is 19.1. The first-order valence-electron chi connectivity index (χ1n) is 12.0. The molecule has 1 aromatic carbocycles. The molecule has 4 rings (SSSR count). The van der Waals surface area contributed by atoms with Crippen LogP contribution < -0.4 is 0 Å². The summed E-state index contributed by atoms with van der Waals surface area (Å²) in [7, 11) is 0. The average Bonchev–Trinajstić information content (AvgIpc) is 3.60. The molecule has 16 heteroatoms. The molecule has 0 radical (unpaired) electrons. The monoisotopic (exact) mass is 646 g/mol. The zero-order valence-electron chi connectivity index (χ0n) is 21.0. The highest BCUT2D eigenvalue weighted by molar-refractivity contribution is 6.38. The Balaban J connectivity index is 1.67. The molecule has 0 saturated heterocycles. The minimum Gasteiger partial charge on any atom is -0.380 e. The number of halogens is 10. The van der Waals surface area contributed by atoms with E-state index in [1.54, 1.807) is 4.90 Å². The van der Waals surface area contributed by atoms with Crippen molar-refractivity contribution in [3.63, 3.8) is 0 Å². The molecule has 1 fully saturated rings. The Morgan fingerprint density at radius 3 is 2.15 bits per heavy atom. The molecule has 41 heavy (non-hydrogen) atoms. The van der Waals surface area contributed by atoms with E-state index in [4.69, 9.17) is 39.5 Å². The van der Waals surface area contributed by atoms with Crippen molar-refractivity contribution in [1.29, 1.82) is 0 Å². The molecule has 6 nitrogen and oxygen atoms in total. The van der Waals surface area contributed by atoms with E-state index >= 15 is 0 Å². The summed E-state index contributed by atoms with van der Waals surface area (Å²) in [6, 6.07) is 1.92. The molecule has 1 aliphatic rings. The van der Waals surface area contributed by atoms with Crippen LogP contribution in [0.15, 0.2) is 36.8 Å². The molecule has 1 saturated carbocycles. The lowest BCUT2D eigenvalue weighted by molar-refractivity contribution is -0.348. The second kappa shape index (κ2) is 11.6. The summed E-state index contributed by atoms with van der Waals surface area (Å²) in [6.45, 7) is 3.02. The Labute approximate surface area is 243 Å². The van der Waals surface area contributed by atoms with Crippen LogP contribution >= 0.6 is 34.8 Å². The van der Waals surface area contributed by atoms with Gasteiger partial charge in [-0.3, -0.25) is 4.79 Å². The molecular formula is C25H20Cl3F7N4O2. The number of benzene rings is 1. The van der Waals surface area contributed by atoms with Crippen molar-refractivity contribution in [2.45, 2.75) is 43.8 Å². The minimum atomic E-state index is -6.34. The van der Waals surface area contributed by atoms with Crippen molar-refractivity contribution < 1.29 is 40.3 Å². The maximum Gasteiger partial charge on any atom is 0.435 e. The third-order valence-corrected chi connectivity index (χ3v) is 7.22. The van der Waals surface area contributed by atoms with Gasteiger partial charge in [-0.05, 0) is 38.0 Å². The molecule has 0 atom stereocenters. The lowest BCUT2D eigenvalue weighted by atomic mass is 9.94. The molecular weight excluding hydrogens is 628 g/mol. The highest BCUT2D eigenvalue weighted by Gasteiger charge is 2.73. The number of hydrogen-bond donors (Lipinski definition) is 0. The Bertz CT molecular complexity index is 1400. The summed E-state index contributed by atoms with van der Waals surface area (Å²) in [5, 5.41) is 2.54. The van der Waals surface area contributed by atoms with Gasteiger partial charge in [0, 0.05) is 48.3 Å². The smallest absolute Gasteiger partial charge is 0.380 e. The molecule has 3 aromatic rings. The van der Waals surface area contributed by atoms with Gasteiger partial charge in [-0.25, -0.2) is 14.1 Å². The van der Waals surface area contributed by atoms with Gasteiger partial charge in [0.2, 0.25) is 0 Å². The van der Waals surface area contributed by atoms with Crippen LogP contribution in [0, 0.1) is 0 Å². The maximum absolute atomic E-state index is 14.5. The fraction of sp³-hybridized carbons (Fsp3) is 0.400. The van der Waals surface area contributed by atoms with Crippen LogP contribution in [-0.4, -0.2) is 63.7 Å². The number of carbonyl (C=O) groups is 1. The lowest BCUT2D eigenvalue weighted by Gasteiger charge is -2.30. The topological polar surface area (TPSA) is 60.2 Å². The zero-order valence-corrected chi connectivity index (χ0v) is 23.2. The maximum atomic E-state index is 14.5. The fourth-order valence-corrected chi connectivity index (χ4v) is 4.96. The van der Waals surface area contributed by atoms with E-state index in [-0.39, 0.29) is 40.5 Å². The standard InChI is InChI=1S/C25H20Cl3F7N4O2/c1-2-41-6-5-38(16-3-4-16)22(40)17-7-13(10-36-21(17)28)14-11-37-39(12-14)20-18(26)8-15(9-19(20)27)23(29,24(30,31)32)25(33,34)35/h7-12,16H,2-6H2,1H3. The lowest BCUT2D eigenvalue weighted by Crippen LogP contribution is -2.50. The number of alkyl halides is 7. The first-order valence-corrected chi connectivity index (χ1v) is 13.1. The summed E-state index contributed by atoms with van der Waals surface area (Å²) >= 11 is 18.2. The van der Waals surface area contributed by atoms with E-state index in [1.165, 1.54) is 24.7 Å². The quantitative estimate of drug-likeness (QED) is 0.135. The highest BCUT2D eigenvalue weighted by Crippen LogP contribution is 2.54. The van der Waals surface area contributed by atoms with Gasteiger partial charge in [0.05, 0.1) is 28.4 Å². The number of rotatable bonds is 9. The van der Waals surface area contributed by atoms with Crippen LogP contribution in [0.3, 0.4) is 0 Å². The van der Waals surface area contributed by atoms with Crippen molar-refractivity contribution in [3.05, 3.63) is 63.1 Å². The molecule has 0 unspecified atom stereocenters. The summed E-state index contributed by atoms with van der Waals surface area (Å²) in [5.41, 5.74) is -7.04. The van der Waals surface area contributed by atoms with Gasteiger partial charge in [-0.2, -0.15) is 31.4 Å². The van der Waals surface area contributed by atoms with E-state index in [0.29, 0.717) is 30.9 Å². The fourth-order valence-electron chi connectivity index (χ4n) is 4.12. The normalized spacial score (nSPS) is 14.4. The molecule has 0 N–H and O–H groups in total. The van der Waals surface area contributed by atoms with E-state index < -0.39 is 33.6 Å². The van der Waals surface area contributed by atoms with Crippen molar-refractivity contribution in [2.24, 2.45) is 0 Å². The highest BCUT2D eigenvalue weighted by atomic mass is 35.5. The van der Waals surface area contributed by atoms with Gasteiger partial charge < -0.3 is 9.64 Å². The summed E-state index contributed by atoms with van der Waals surface area (Å²) in [4.78, 5) is 19.0. The van der Waals surface area contributed by atoms with Crippen LogP contribution in [-0.2, 0) is 10.4 Å². The second-order valence-electron chi connectivity index (χ2n) is 9.11. The summed E-state index contributed by atoms with van der Waals surface area (Å²) in [5.74, 6) is -0.357. The number of aromatic nitrogens is 3. The zero-order chi connectivity index (χ0) is 30.3. The Morgan fingerprint density at radius 1 is 1.00 bits per heavy atom. The van der Waals surface area contributed by atoms with Crippen molar-refractivity contribution >= 4 is 40.7 Å². The Hall–Kier alpha value is -2.61. The minimum absolute atomic E-state index is 0.0427. The number of carbonyl (C=O) groups excluding carboxylic acids is 1. The number of ether oxygens (including phenoxy) is 1. The summed E-state index contributed by atoms with van der Waals surface area (Å²) in [6.07, 6.45) is -7.08. The largest absolute Gasteiger partial charge is 0.435 e. The van der Waals surface area contributed by atoms with Gasteiger partial charge in [0.1, 0.15) is 10.8 Å². The van der Waals surface area contributed by atoms with Crippen LogP contribution in [0.25, 0.3) is 16.8 Å². The van der Waals surface area contributed by atoms with Crippen LogP contribution in [0.2, 0.25) is 15.2 Å². The van der Waals surface area contributed by atoms with Gasteiger partial charge >= 0.3 is 18.0 Å². The molecule has 222 valence electrons. The van der Waals surface area contributed by atoms with Crippen molar-refractivity contribution in [3.8, 4) is 16.8 Å². The molecule has 2 aromatic heterocycles. The number of hydrogen-bond acceptors (Lipinski definition) is 4. The second-order valence-corrected chi connectivity index (χ2v) is 10.3. The predicted molar refractivity (Wildman–Crippen MR) is 137 cm³/mol. The van der Waals surface area contributed by atoms with E-state index in [2.05, 4.69) is 10.1 Å². The summed E-state index contributed by atoms with van der Waals surface area (Å²) < 4.78 is 100. The number of pyridine rings is 1. The third-order valence-electron chi connectivity index (χ3n) is 6.34. The molecule has 0 aliphatic heterocycles. The average molecular weight is 648 g/mol.